The van der Waals surface area contributed by atoms with Crippen LogP contribution in [0, 0.1) is 11.3 Å². The molecule has 0 aromatic carbocycles. The van der Waals surface area contributed by atoms with E-state index in [1.54, 1.807) is 0 Å². The van der Waals surface area contributed by atoms with Crippen LogP contribution < -0.4 is 0 Å². The van der Waals surface area contributed by atoms with Crippen molar-refractivity contribution >= 4 is 5.91 Å². The van der Waals surface area contributed by atoms with E-state index in [-0.39, 0.29) is 17.4 Å². The summed E-state index contributed by atoms with van der Waals surface area (Å²) in [7, 11) is 0. The summed E-state index contributed by atoms with van der Waals surface area (Å²) in [6.07, 6.45) is 12.1. The van der Waals surface area contributed by atoms with Crippen LogP contribution in [0.15, 0.2) is 18.9 Å². The van der Waals surface area contributed by atoms with Gasteiger partial charge in [-0.05, 0) is 37.0 Å². The summed E-state index contributed by atoms with van der Waals surface area (Å²) >= 11 is 0. The molecule has 0 N–H and O–H groups in total. The van der Waals surface area contributed by atoms with Crippen LogP contribution in [0.1, 0.15) is 69.5 Å². The smallest absolute Gasteiger partial charge is 0.223 e. The number of nitrogens with zero attached hydrogens (tertiary/aromatic N) is 4. The standard InChI is InChI=1S/C19H28N4O/c1-3-19(8-9-19)10-18(24)22-11-14(2)17(13-22)23-12-16(20-21-23)15-6-4-5-7-15/h3,12,14-15,17H,1,4-11,13H2,2H3/t14-,17+/m1/s1. The molecule has 0 unspecified atom stereocenters. The highest BCUT2D eigenvalue weighted by atomic mass is 16.2. The molecule has 1 aromatic rings. The molecule has 5 heteroatoms. The van der Waals surface area contributed by atoms with Crippen LogP contribution in [0.25, 0.3) is 0 Å². The molecule has 2 aliphatic carbocycles. The van der Waals surface area contributed by atoms with E-state index >= 15 is 0 Å². The number of hydrogen-bond acceptors (Lipinski definition) is 3. The zero-order chi connectivity index (χ0) is 16.7. The Morgan fingerprint density at radius 1 is 1.38 bits per heavy atom. The van der Waals surface area contributed by atoms with E-state index in [2.05, 4.69) is 30.0 Å². The molecule has 2 atom stereocenters. The van der Waals surface area contributed by atoms with Crippen LogP contribution in [0.5, 0.6) is 0 Å². The van der Waals surface area contributed by atoms with Gasteiger partial charge in [0.05, 0.1) is 11.7 Å². The molecule has 1 aliphatic heterocycles. The summed E-state index contributed by atoms with van der Waals surface area (Å²) in [5.41, 5.74) is 1.24. The maximum Gasteiger partial charge on any atom is 0.223 e. The number of rotatable bonds is 5. The SMILES string of the molecule is C=CC1(CC(=O)N2C[C@@H](C)[C@@H](n3cc(C4CCCC4)nn3)C2)CC1. The van der Waals surface area contributed by atoms with Crippen molar-refractivity contribution in [3.05, 3.63) is 24.5 Å². The van der Waals surface area contributed by atoms with Crippen LogP contribution >= 0.6 is 0 Å². The lowest BCUT2D eigenvalue weighted by Crippen LogP contribution is -2.30. The lowest BCUT2D eigenvalue weighted by Gasteiger charge is -2.19. The van der Waals surface area contributed by atoms with Gasteiger partial charge in [-0.2, -0.15) is 0 Å². The summed E-state index contributed by atoms with van der Waals surface area (Å²) < 4.78 is 2.02. The van der Waals surface area contributed by atoms with Gasteiger partial charge in [0.15, 0.2) is 0 Å². The molecular formula is C19H28N4O. The first-order chi connectivity index (χ1) is 11.6. The molecule has 1 saturated heterocycles. The maximum atomic E-state index is 12.6. The van der Waals surface area contributed by atoms with Gasteiger partial charge in [0.25, 0.3) is 0 Å². The van der Waals surface area contributed by atoms with Gasteiger partial charge in [-0.1, -0.05) is 31.1 Å². The normalized spacial score (nSPS) is 29.1. The molecule has 3 fully saturated rings. The van der Waals surface area contributed by atoms with E-state index < -0.39 is 0 Å². The van der Waals surface area contributed by atoms with Crippen molar-refractivity contribution in [1.29, 1.82) is 0 Å². The van der Waals surface area contributed by atoms with Crippen LogP contribution in [-0.2, 0) is 4.79 Å². The van der Waals surface area contributed by atoms with E-state index in [0.29, 0.717) is 18.3 Å². The molecule has 4 rings (SSSR count). The van der Waals surface area contributed by atoms with Gasteiger partial charge in [-0.25, -0.2) is 4.68 Å². The molecule has 130 valence electrons. The van der Waals surface area contributed by atoms with Crippen molar-refractivity contribution in [3.8, 4) is 0 Å². The molecule has 0 spiro atoms. The third kappa shape index (κ3) is 2.89. The average molecular weight is 328 g/mol. The Morgan fingerprint density at radius 3 is 2.79 bits per heavy atom. The lowest BCUT2D eigenvalue weighted by atomic mass is 10.0. The van der Waals surface area contributed by atoms with E-state index in [9.17, 15) is 4.79 Å². The molecular weight excluding hydrogens is 300 g/mol. The molecule has 24 heavy (non-hydrogen) atoms. The van der Waals surface area contributed by atoms with Gasteiger partial charge in [0.2, 0.25) is 5.91 Å². The summed E-state index contributed by atoms with van der Waals surface area (Å²) in [4.78, 5) is 14.7. The van der Waals surface area contributed by atoms with Crippen LogP contribution in [0.4, 0.5) is 0 Å². The minimum absolute atomic E-state index is 0.0985. The fraction of sp³-hybridized carbons (Fsp3) is 0.737. The molecule has 0 radical (unpaired) electrons. The van der Waals surface area contributed by atoms with Gasteiger partial charge in [0, 0.05) is 31.6 Å². The highest BCUT2D eigenvalue weighted by molar-refractivity contribution is 5.78. The van der Waals surface area contributed by atoms with Crippen molar-refractivity contribution in [1.82, 2.24) is 19.9 Å². The number of hydrogen-bond donors (Lipinski definition) is 0. The Morgan fingerprint density at radius 2 is 2.12 bits per heavy atom. The number of likely N-dealkylation sites (tertiary alicyclic amines) is 1. The topological polar surface area (TPSA) is 51.0 Å². The Bertz CT molecular complexity index is 627. The molecule has 5 nitrogen and oxygen atoms in total. The number of aromatic nitrogens is 3. The van der Waals surface area contributed by atoms with E-state index in [1.165, 1.54) is 25.7 Å². The number of amides is 1. The minimum Gasteiger partial charge on any atom is -0.340 e. The van der Waals surface area contributed by atoms with Crippen molar-refractivity contribution in [2.45, 2.75) is 63.8 Å². The molecule has 2 saturated carbocycles. The Kier molecular flexibility index (Phi) is 3.97. The van der Waals surface area contributed by atoms with E-state index in [1.807, 2.05) is 15.7 Å². The van der Waals surface area contributed by atoms with Crippen molar-refractivity contribution in [2.24, 2.45) is 11.3 Å². The zero-order valence-electron chi connectivity index (χ0n) is 14.7. The Balaban J connectivity index is 1.41. The Hall–Kier alpha value is -1.65. The second-order valence-electron chi connectivity index (χ2n) is 8.19. The Labute approximate surface area is 144 Å². The monoisotopic (exact) mass is 328 g/mol. The van der Waals surface area contributed by atoms with Gasteiger partial charge in [-0.3, -0.25) is 4.79 Å². The fourth-order valence-electron chi connectivity index (χ4n) is 4.39. The van der Waals surface area contributed by atoms with Crippen LogP contribution in [0.3, 0.4) is 0 Å². The predicted molar refractivity (Wildman–Crippen MR) is 92.5 cm³/mol. The van der Waals surface area contributed by atoms with Gasteiger partial charge < -0.3 is 4.90 Å². The third-order valence-corrected chi connectivity index (χ3v) is 6.40. The molecule has 3 aliphatic rings. The maximum absolute atomic E-state index is 12.6. The zero-order valence-corrected chi connectivity index (χ0v) is 14.7. The van der Waals surface area contributed by atoms with E-state index in [4.69, 9.17) is 0 Å². The summed E-state index contributed by atoms with van der Waals surface area (Å²) in [6.45, 7) is 7.71. The summed E-state index contributed by atoms with van der Waals surface area (Å²) in [6, 6.07) is 0.260. The third-order valence-electron chi connectivity index (χ3n) is 6.40. The first-order valence-corrected chi connectivity index (χ1v) is 9.43. The molecule has 1 aromatic heterocycles. The van der Waals surface area contributed by atoms with Crippen molar-refractivity contribution < 1.29 is 4.79 Å². The first-order valence-electron chi connectivity index (χ1n) is 9.43. The lowest BCUT2D eigenvalue weighted by molar-refractivity contribution is -0.131. The fourth-order valence-corrected chi connectivity index (χ4v) is 4.39. The van der Waals surface area contributed by atoms with Crippen molar-refractivity contribution in [3.63, 3.8) is 0 Å². The number of allylic oxidation sites excluding steroid dienone is 1. The predicted octanol–water partition coefficient (Wildman–Crippen LogP) is 3.31. The van der Waals surface area contributed by atoms with Gasteiger partial charge in [-0.15, -0.1) is 11.7 Å². The summed E-state index contributed by atoms with van der Waals surface area (Å²) in [5.74, 6) is 1.29. The van der Waals surface area contributed by atoms with Gasteiger partial charge >= 0.3 is 0 Å². The van der Waals surface area contributed by atoms with Gasteiger partial charge in [0.1, 0.15) is 0 Å². The van der Waals surface area contributed by atoms with E-state index in [0.717, 1.165) is 31.6 Å². The second-order valence-corrected chi connectivity index (χ2v) is 8.19. The minimum atomic E-state index is 0.0985. The largest absolute Gasteiger partial charge is 0.340 e. The second kappa shape index (κ2) is 6.01. The highest BCUT2D eigenvalue weighted by Gasteiger charge is 2.44. The average Bonchev–Trinajstić information content (AvgIpc) is 3.01. The van der Waals surface area contributed by atoms with Crippen LogP contribution in [0.2, 0.25) is 0 Å². The first kappa shape index (κ1) is 15.9. The molecule has 0 bridgehead atoms. The quantitative estimate of drug-likeness (QED) is 0.779. The molecule has 2 heterocycles. The van der Waals surface area contributed by atoms with Crippen LogP contribution in [-0.4, -0.2) is 38.9 Å². The summed E-state index contributed by atoms with van der Waals surface area (Å²) in [5, 5.41) is 8.83. The van der Waals surface area contributed by atoms with Crippen molar-refractivity contribution in [2.75, 3.05) is 13.1 Å². The highest BCUT2D eigenvalue weighted by Crippen LogP contribution is 2.50. The molecule has 1 amide bonds. The number of carbonyl (C=O) groups excluding carboxylic acids is 1. The number of carbonyl (C=O) groups is 1.